The van der Waals surface area contributed by atoms with E-state index in [1.807, 2.05) is 19.0 Å². The molecule has 0 radical (unpaired) electrons. The Morgan fingerprint density at radius 2 is 2.16 bits per heavy atom. The molecule has 0 saturated heterocycles. The summed E-state index contributed by atoms with van der Waals surface area (Å²) in [7, 11) is 3.83. The van der Waals surface area contributed by atoms with Crippen LogP contribution in [0.15, 0.2) is 18.2 Å². The van der Waals surface area contributed by atoms with Gasteiger partial charge in [0.1, 0.15) is 0 Å². The highest BCUT2D eigenvalue weighted by Crippen LogP contribution is 2.22. The molecule has 0 atom stereocenters. The standard InChI is InChI=1S/C12H16ClN3O3/c1-15(2)6-5-14-12(17)7-9-3-4-10(16(18)19)8-11(9)13/h3-4,8H,5-7H2,1-2H3,(H,14,17). The zero-order valence-electron chi connectivity index (χ0n) is 10.9. The molecule has 0 aromatic heterocycles. The van der Waals surface area contributed by atoms with Crippen LogP contribution in [0.25, 0.3) is 0 Å². The minimum Gasteiger partial charge on any atom is -0.355 e. The summed E-state index contributed by atoms with van der Waals surface area (Å²) in [5.74, 6) is -0.155. The summed E-state index contributed by atoms with van der Waals surface area (Å²) in [5.41, 5.74) is 0.497. The Balaban J connectivity index is 2.57. The van der Waals surface area contributed by atoms with Crippen molar-refractivity contribution >= 4 is 23.2 Å². The molecule has 0 aliphatic rings. The van der Waals surface area contributed by atoms with Crippen molar-refractivity contribution in [2.24, 2.45) is 0 Å². The monoisotopic (exact) mass is 285 g/mol. The zero-order chi connectivity index (χ0) is 14.4. The maximum atomic E-state index is 11.6. The predicted octanol–water partition coefficient (Wildman–Crippen LogP) is 1.47. The van der Waals surface area contributed by atoms with Crippen LogP contribution in [0, 0.1) is 10.1 Å². The van der Waals surface area contributed by atoms with Gasteiger partial charge in [0.25, 0.3) is 5.69 Å². The van der Waals surface area contributed by atoms with Gasteiger partial charge >= 0.3 is 0 Å². The van der Waals surface area contributed by atoms with E-state index in [2.05, 4.69) is 5.32 Å². The van der Waals surface area contributed by atoms with Gasteiger partial charge in [-0.05, 0) is 19.7 Å². The van der Waals surface area contributed by atoms with Crippen LogP contribution < -0.4 is 5.32 Å². The maximum Gasteiger partial charge on any atom is 0.270 e. The zero-order valence-corrected chi connectivity index (χ0v) is 11.6. The average Bonchev–Trinajstić information content (AvgIpc) is 2.31. The number of rotatable bonds is 6. The van der Waals surface area contributed by atoms with Gasteiger partial charge < -0.3 is 10.2 Å². The van der Waals surface area contributed by atoms with E-state index in [0.29, 0.717) is 12.1 Å². The Hall–Kier alpha value is -1.66. The van der Waals surface area contributed by atoms with Gasteiger partial charge in [0, 0.05) is 25.2 Å². The van der Waals surface area contributed by atoms with Crippen molar-refractivity contribution in [3.05, 3.63) is 38.9 Å². The summed E-state index contributed by atoms with van der Waals surface area (Å²) < 4.78 is 0. The molecule has 0 saturated carbocycles. The van der Waals surface area contributed by atoms with Crippen LogP contribution in [0.5, 0.6) is 0 Å². The van der Waals surface area contributed by atoms with Crippen molar-refractivity contribution in [1.29, 1.82) is 0 Å². The van der Waals surface area contributed by atoms with Crippen molar-refractivity contribution in [1.82, 2.24) is 10.2 Å². The molecule has 0 aliphatic carbocycles. The van der Waals surface area contributed by atoms with E-state index in [4.69, 9.17) is 11.6 Å². The predicted molar refractivity (Wildman–Crippen MR) is 73.4 cm³/mol. The molecule has 1 rings (SSSR count). The number of non-ortho nitro benzene ring substituents is 1. The number of carbonyl (C=O) groups is 1. The molecular weight excluding hydrogens is 270 g/mol. The first-order valence-corrected chi connectivity index (χ1v) is 6.12. The lowest BCUT2D eigenvalue weighted by Gasteiger charge is -2.10. The van der Waals surface area contributed by atoms with Gasteiger partial charge in [0.2, 0.25) is 5.91 Å². The highest BCUT2D eigenvalue weighted by atomic mass is 35.5. The molecule has 1 N–H and O–H groups in total. The molecule has 0 spiro atoms. The third-order valence-electron chi connectivity index (χ3n) is 2.48. The fourth-order valence-electron chi connectivity index (χ4n) is 1.45. The van der Waals surface area contributed by atoms with Crippen LogP contribution in [-0.2, 0) is 11.2 Å². The normalized spacial score (nSPS) is 10.5. The Morgan fingerprint density at radius 1 is 1.47 bits per heavy atom. The van der Waals surface area contributed by atoms with E-state index >= 15 is 0 Å². The number of nitro benzene ring substituents is 1. The highest BCUT2D eigenvalue weighted by Gasteiger charge is 2.11. The number of carbonyl (C=O) groups excluding carboxylic acids is 1. The van der Waals surface area contributed by atoms with Crippen molar-refractivity contribution in [3.8, 4) is 0 Å². The van der Waals surface area contributed by atoms with Gasteiger partial charge in [-0.3, -0.25) is 14.9 Å². The molecule has 0 aliphatic heterocycles. The summed E-state index contributed by atoms with van der Waals surface area (Å²) in [4.78, 5) is 23.6. The molecule has 1 aromatic rings. The summed E-state index contributed by atoms with van der Waals surface area (Å²) in [6.07, 6.45) is 0.115. The minimum absolute atomic E-state index is 0.0817. The molecule has 7 heteroatoms. The van der Waals surface area contributed by atoms with E-state index in [-0.39, 0.29) is 23.0 Å². The van der Waals surface area contributed by atoms with Gasteiger partial charge in [-0.1, -0.05) is 17.7 Å². The van der Waals surface area contributed by atoms with Crippen LogP contribution in [0.4, 0.5) is 5.69 Å². The number of hydrogen-bond acceptors (Lipinski definition) is 4. The van der Waals surface area contributed by atoms with Crippen molar-refractivity contribution in [2.45, 2.75) is 6.42 Å². The summed E-state index contributed by atoms with van der Waals surface area (Å²) in [6, 6.07) is 4.10. The van der Waals surface area contributed by atoms with E-state index in [1.54, 1.807) is 0 Å². The lowest BCUT2D eigenvalue weighted by Crippen LogP contribution is -2.32. The topological polar surface area (TPSA) is 75.5 Å². The molecule has 1 aromatic carbocycles. The summed E-state index contributed by atoms with van der Waals surface area (Å²) in [6.45, 7) is 1.30. The van der Waals surface area contributed by atoms with Gasteiger partial charge in [-0.25, -0.2) is 0 Å². The number of halogens is 1. The molecule has 0 fully saturated rings. The number of likely N-dealkylation sites (N-methyl/N-ethyl adjacent to an activating group) is 1. The Bertz CT molecular complexity index is 477. The second-order valence-corrected chi connectivity index (χ2v) is 4.77. The van der Waals surface area contributed by atoms with Crippen LogP contribution in [0.3, 0.4) is 0 Å². The largest absolute Gasteiger partial charge is 0.355 e. The first-order valence-electron chi connectivity index (χ1n) is 5.74. The van der Waals surface area contributed by atoms with Crippen LogP contribution in [0.1, 0.15) is 5.56 Å². The van der Waals surface area contributed by atoms with Gasteiger partial charge in [0.05, 0.1) is 16.4 Å². The van der Waals surface area contributed by atoms with Crippen molar-refractivity contribution in [3.63, 3.8) is 0 Å². The van der Waals surface area contributed by atoms with E-state index in [1.165, 1.54) is 18.2 Å². The molecule has 104 valence electrons. The van der Waals surface area contributed by atoms with Gasteiger partial charge in [0.15, 0.2) is 0 Å². The van der Waals surface area contributed by atoms with Gasteiger partial charge in [-0.2, -0.15) is 0 Å². The van der Waals surface area contributed by atoms with Crippen LogP contribution >= 0.6 is 11.6 Å². The number of amides is 1. The number of nitro groups is 1. The molecular formula is C12H16ClN3O3. The number of hydrogen-bond donors (Lipinski definition) is 1. The van der Waals surface area contributed by atoms with Crippen molar-refractivity contribution < 1.29 is 9.72 Å². The lowest BCUT2D eigenvalue weighted by atomic mass is 10.1. The number of nitrogens with one attached hydrogen (secondary N) is 1. The van der Waals surface area contributed by atoms with E-state index < -0.39 is 4.92 Å². The first-order chi connectivity index (χ1) is 8.90. The molecule has 1 amide bonds. The Labute approximate surface area is 116 Å². The quantitative estimate of drug-likeness (QED) is 0.634. The highest BCUT2D eigenvalue weighted by molar-refractivity contribution is 6.31. The lowest BCUT2D eigenvalue weighted by molar-refractivity contribution is -0.384. The van der Waals surface area contributed by atoms with Crippen molar-refractivity contribution in [2.75, 3.05) is 27.2 Å². The fraction of sp³-hybridized carbons (Fsp3) is 0.417. The second-order valence-electron chi connectivity index (χ2n) is 4.36. The van der Waals surface area contributed by atoms with E-state index in [0.717, 1.165) is 6.54 Å². The van der Waals surface area contributed by atoms with Crippen LogP contribution in [0.2, 0.25) is 5.02 Å². The fourth-order valence-corrected chi connectivity index (χ4v) is 1.69. The first kappa shape index (κ1) is 15.4. The summed E-state index contributed by atoms with van der Waals surface area (Å²) in [5, 5.41) is 13.5. The SMILES string of the molecule is CN(C)CCNC(=O)Cc1ccc([N+](=O)[O-])cc1Cl. The minimum atomic E-state index is -0.521. The smallest absolute Gasteiger partial charge is 0.270 e. The molecule has 19 heavy (non-hydrogen) atoms. The van der Waals surface area contributed by atoms with E-state index in [9.17, 15) is 14.9 Å². The summed E-state index contributed by atoms with van der Waals surface area (Å²) >= 11 is 5.91. The Kier molecular flexibility index (Phi) is 5.72. The maximum absolute atomic E-state index is 11.6. The van der Waals surface area contributed by atoms with Gasteiger partial charge in [-0.15, -0.1) is 0 Å². The third kappa shape index (κ3) is 5.23. The average molecular weight is 286 g/mol. The number of nitrogens with zero attached hydrogens (tertiary/aromatic N) is 2. The number of benzene rings is 1. The van der Waals surface area contributed by atoms with Crippen LogP contribution in [-0.4, -0.2) is 42.9 Å². The molecule has 0 heterocycles. The molecule has 6 nitrogen and oxygen atoms in total. The Morgan fingerprint density at radius 3 is 2.68 bits per heavy atom. The molecule has 0 bridgehead atoms. The second kappa shape index (κ2) is 7.06. The molecule has 0 unspecified atom stereocenters. The third-order valence-corrected chi connectivity index (χ3v) is 2.83.